The summed E-state index contributed by atoms with van der Waals surface area (Å²) in [5.74, 6) is 0. The summed E-state index contributed by atoms with van der Waals surface area (Å²) in [6.07, 6.45) is -1.36. The van der Waals surface area contributed by atoms with Gasteiger partial charge >= 0.3 is 0 Å². The van der Waals surface area contributed by atoms with Crippen LogP contribution in [0.1, 0.15) is 34.6 Å². The molecule has 0 bridgehead atoms. The SMILES string of the molecule is CC(O)N(C(C)O)C(N(C)C)C(C)(C)C. The van der Waals surface area contributed by atoms with E-state index in [-0.39, 0.29) is 11.6 Å². The van der Waals surface area contributed by atoms with E-state index in [9.17, 15) is 10.2 Å². The molecule has 0 spiro atoms. The summed E-state index contributed by atoms with van der Waals surface area (Å²) in [5, 5.41) is 19.4. The van der Waals surface area contributed by atoms with Crippen molar-refractivity contribution < 1.29 is 10.2 Å². The Morgan fingerprint density at radius 3 is 1.33 bits per heavy atom. The molecule has 4 heteroatoms. The topological polar surface area (TPSA) is 46.9 Å². The van der Waals surface area contributed by atoms with Gasteiger partial charge in [0.2, 0.25) is 0 Å². The van der Waals surface area contributed by atoms with Crippen molar-refractivity contribution in [2.24, 2.45) is 5.41 Å². The van der Waals surface area contributed by atoms with E-state index >= 15 is 0 Å². The molecular formula is C11H26N2O2. The second-order valence-corrected chi connectivity index (χ2v) is 5.41. The van der Waals surface area contributed by atoms with E-state index in [1.165, 1.54) is 0 Å². The fourth-order valence-electron chi connectivity index (χ4n) is 2.21. The van der Waals surface area contributed by atoms with Gasteiger partial charge in [0.1, 0.15) is 12.5 Å². The quantitative estimate of drug-likeness (QED) is 0.688. The van der Waals surface area contributed by atoms with Crippen molar-refractivity contribution in [1.29, 1.82) is 0 Å². The van der Waals surface area contributed by atoms with Gasteiger partial charge in [-0.3, -0.25) is 4.90 Å². The molecule has 0 aliphatic heterocycles. The van der Waals surface area contributed by atoms with Crippen LogP contribution in [-0.2, 0) is 0 Å². The summed E-state index contributed by atoms with van der Waals surface area (Å²) in [7, 11) is 3.90. The third-order valence-electron chi connectivity index (χ3n) is 2.41. The van der Waals surface area contributed by atoms with E-state index < -0.39 is 12.5 Å². The normalized spacial score (nSPS) is 19.4. The highest BCUT2D eigenvalue weighted by molar-refractivity contribution is 4.82. The molecule has 15 heavy (non-hydrogen) atoms. The van der Waals surface area contributed by atoms with E-state index in [0.29, 0.717) is 0 Å². The molecule has 0 aliphatic rings. The molecule has 0 aromatic rings. The van der Waals surface area contributed by atoms with Gasteiger partial charge in [-0.1, -0.05) is 20.8 Å². The van der Waals surface area contributed by atoms with Crippen LogP contribution in [0, 0.1) is 5.41 Å². The summed E-state index contributed by atoms with van der Waals surface area (Å²) in [6.45, 7) is 9.63. The van der Waals surface area contributed by atoms with Crippen LogP contribution in [0.25, 0.3) is 0 Å². The van der Waals surface area contributed by atoms with Crippen LogP contribution in [0.2, 0.25) is 0 Å². The number of rotatable bonds is 4. The fraction of sp³-hybridized carbons (Fsp3) is 1.00. The summed E-state index contributed by atoms with van der Waals surface area (Å²) < 4.78 is 0. The minimum absolute atomic E-state index is 0.0162. The van der Waals surface area contributed by atoms with Gasteiger partial charge in [-0.15, -0.1) is 0 Å². The lowest BCUT2D eigenvalue weighted by Crippen LogP contribution is -2.58. The zero-order chi connectivity index (χ0) is 12.4. The van der Waals surface area contributed by atoms with Crippen molar-refractivity contribution in [3.8, 4) is 0 Å². The Kier molecular flexibility index (Phi) is 5.20. The van der Waals surface area contributed by atoms with Crippen LogP contribution >= 0.6 is 0 Å². The second-order valence-electron chi connectivity index (χ2n) is 5.41. The predicted molar refractivity (Wildman–Crippen MR) is 62.1 cm³/mol. The zero-order valence-corrected chi connectivity index (χ0v) is 11.0. The Hall–Kier alpha value is -0.160. The Labute approximate surface area is 93.5 Å². The molecule has 3 unspecified atom stereocenters. The van der Waals surface area contributed by atoms with E-state index in [4.69, 9.17) is 0 Å². The van der Waals surface area contributed by atoms with Crippen molar-refractivity contribution >= 4 is 0 Å². The summed E-state index contributed by atoms with van der Waals surface area (Å²) >= 11 is 0. The lowest BCUT2D eigenvalue weighted by atomic mass is 9.90. The van der Waals surface area contributed by atoms with E-state index in [2.05, 4.69) is 20.8 Å². The first-order valence-electron chi connectivity index (χ1n) is 5.39. The monoisotopic (exact) mass is 218 g/mol. The Balaban J connectivity index is 5.03. The third kappa shape index (κ3) is 4.07. The lowest BCUT2D eigenvalue weighted by molar-refractivity contribution is -0.165. The van der Waals surface area contributed by atoms with Gasteiger partial charge in [0.25, 0.3) is 0 Å². The van der Waals surface area contributed by atoms with Crippen molar-refractivity contribution in [3.05, 3.63) is 0 Å². The molecule has 0 saturated heterocycles. The minimum Gasteiger partial charge on any atom is -0.379 e. The molecule has 0 aromatic heterocycles. The molecule has 0 aliphatic carbocycles. The predicted octanol–water partition coefficient (Wildman–Crippen LogP) is 0.899. The molecule has 0 saturated carbocycles. The maximum absolute atomic E-state index is 9.70. The Morgan fingerprint density at radius 1 is 0.933 bits per heavy atom. The van der Waals surface area contributed by atoms with Crippen molar-refractivity contribution in [2.45, 2.75) is 53.2 Å². The highest BCUT2D eigenvalue weighted by atomic mass is 16.3. The molecular weight excluding hydrogens is 192 g/mol. The standard InChI is InChI=1S/C11H26N2O2/c1-8(14)13(9(2)15)10(12(6)7)11(3,4)5/h8-10,14-15H,1-7H3. The molecule has 3 atom stereocenters. The first-order chi connectivity index (χ1) is 6.59. The molecule has 92 valence electrons. The average molecular weight is 218 g/mol. The number of nitrogens with zero attached hydrogens (tertiary/aromatic N) is 2. The fourth-order valence-corrected chi connectivity index (χ4v) is 2.21. The van der Waals surface area contributed by atoms with Crippen LogP contribution in [0.4, 0.5) is 0 Å². The highest BCUT2D eigenvalue weighted by Crippen LogP contribution is 2.28. The number of aliphatic hydroxyl groups excluding tert-OH is 2. The number of hydrogen-bond acceptors (Lipinski definition) is 4. The van der Waals surface area contributed by atoms with Gasteiger partial charge in [0.05, 0.1) is 6.17 Å². The van der Waals surface area contributed by atoms with Gasteiger partial charge in [-0.25, -0.2) is 4.90 Å². The summed E-state index contributed by atoms with van der Waals surface area (Å²) in [5.41, 5.74) is -0.0442. The first-order valence-corrected chi connectivity index (χ1v) is 5.39. The summed E-state index contributed by atoms with van der Waals surface area (Å²) in [4.78, 5) is 3.71. The van der Waals surface area contributed by atoms with Gasteiger partial charge < -0.3 is 10.2 Å². The van der Waals surface area contributed by atoms with Gasteiger partial charge in [0.15, 0.2) is 0 Å². The average Bonchev–Trinajstić information content (AvgIpc) is 1.94. The van der Waals surface area contributed by atoms with Gasteiger partial charge in [-0.2, -0.15) is 0 Å². The maximum Gasteiger partial charge on any atom is 0.107 e. The van der Waals surface area contributed by atoms with Crippen LogP contribution in [0.5, 0.6) is 0 Å². The highest BCUT2D eigenvalue weighted by Gasteiger charge is 2.36. The first kappa shape index (κ1) is 14.8. The van der Waals surface area contributed by atoms with Crippen molar-refractivity contribution in [1.82, 2.24) is 9.80 Å². The van der Waals surface area contributed by atoms with Crippen LogP contribution < -0.4 is 0 Å². The molecule has 0 radical (unpaired) electrons. The van der Waals surface area contributed by atoms with Gasteiger partial charge in [0, 0.05) is 0 Å². The number of aliphatic hydroxyl groups is 2. The van der Waals surface area contributed by atoms with Gasteiger partial charge in [-0.05, 0) is 33.4 Å². The van der Waals surface area contributed by atoms with Crippen molar-refractivity contribution in [3.63, 3.8) is 0 Å². The zero-order valence-electron chi connectivity index (χ0n) is 11.0. The van der Waals surface area contributed by atoms with Crippen molar-refractivity contribution in [2.75, 3.05) is 14.1 Å². The summed E-state index contributed by atoms with van der Waals surface area (Å²) in [6, 6.07) is 0. The molecule has 0 fully saturated rings. The van der Waals surface area contributed by atoms with E-state index in [1.807, 2.05) is 19.0 Å². The second kappa shape index (κ2) is 5.25. The molecule has 0 rings (SSSR count). The molecule has 2 N–H and O–H groups in total. The number of hydrogen-bond donors (Lipinski definition) is 2. The molecule has 0 amide bonds. The van der Waals surface area contributed by atoms with E-state index in [1.54, 1.807) is 18.7 Å². The minimum atomic E-state index is -0.670. The maximum atomic E-state index is 9.70. The Morgan fingerprint density at radius 2 is 1.27 bits per heavy atom. The van der Waals surface area contributed by atoms with Crippen LogP contribution in [0.3, 0.4) is 0 Å². The smallest absolute Gasteiger partial charge is 0.107 e. The Bertz CT molecular complexity index is 178. The third-order valence-corrected chi connectivity index (χ3v) is 2.41. The molecule has 0 heterocycles. The van der Waals surface area contributed by atoms with E-state index in [0.717, 1.165) is 0 Å². The van der Waals surface area contributed by atoms with Crippen LogP contribution in [-0.4, -0.2) is 52.7 Å². The lowest BCUT2D eigenvalue weighted by Gasteiger charge is -2.46. The molecule has 4 nitrogen and oxygen atoms in total. The van der Waals surface area contributed by atoms with Crippen LogP contribution in [0.15, 0.2) is 0 Å². The molecule has 0 aromatic carbocycles. The largest absolute Gasteiger partial charge is 0.379 e.